The standard InChI is InChI=1S/C40H50F15N9/c1-7-4-3-5-8(2)31(7)56-32-17-14(22(46)29(53)30(32)54)36-58-33-9-6-10(41)18(42)19(43)11(9)34(57-33)62-39-15-16(24(48)28(52)27(51)23(15)47)40(64(39)55)63-37-13-12(35(59-37)60-38(17)61-36)20(44)25(49)26(50)21(13)45/h3-5,9-30,32-40,56-63H,6H2,1-2H3. The van der Waals surface area contributed by atoms with Crippen LogP contribution in [0.4, 0.5) is 71.6 Å². The van der Waals surface area contributed by atoms with Gasteiger partial charge >= 0.3 is 0 Å². The highest BCUT2D eigenvalue weighted by atomic mass is 19.2. The summed E-state index contributed by atoms with van der Waals surface area (Å²) in [6.07, 6.45) is -54.7. The summed E-state index contributed by atoms with van der Waals surface area (Å²) in [5.41, 5.74) is 1.51. The molecule has 5 aliphatic heterocycles. The van der Waals surface area contributed by atoms with E-state index in [0.717, 1.165) is 0 Å². The fourth-order valence-corrected chi connectivity index (χ4v) is 13.3. The second-order valence-electron chi connectivity index (χ2n) is 19.4. The number of benzene rings is 1. The Hall–Kier alpha value is -2.35. The predicted octanol–water partition coefficient (Wildman–Crippen LogP) is 4.18. The Morgan fingerprint density at radius 3 is 1.27 bits per heavy atom. The van der Waals surface area contributed by atoms with Crippen molar-refractivity contribution in [1.82, 2.24) is 42.3 Å². The fraction of sp³-hybridized carbons (Fsp3) is 0.850. The average Bonchev–Trinajstić information content (AvgIpc) is 3.98. The third kappa shape index (κ3) is 6.65. The Bertz CT molecular complexity index is 1870. The van der Waals surface area contributed by atoms with Gasteiger partial charge in [-0.05, 0) is 37.3 Å². The number of alkyl halides is 14. The Morgan fingerprint density at radius 2 is 0.781 bits per heavy atom. The molecule has 24 heteroatoms. The number of rotatable bonds is 2. The smallest absolute Gasteiger partial charge is 0.165 e. The highest BCUT2D eigenvalue weighted by Gasteiger charge is 2.69. The molecule has 5 saturated heterocycles. The lowest BCUT2D eigenvalue weighted by Gasteiger charge is -2.45. The van der Waals surface area contributed by atoms with Gasteiger partial charge in [-0.25, -0.2) is 61.5 Å². The molecule has 9 nitrogen and oxygen atoms in total. The first-order valence-corrected chi connectivity index (χ1v) is 21.9. The van der Waals surface area contributed by atoms with Gasteiger partial charge in [-0.1, -0.05) is 18.2 Å². The highest BCUT2D eigenvalue weighted by molar-refractivity contribution is 5.57. The molecule has 0 radical (unpaired) electrons. The molecular weight excluding hydrogens is 891 g/mol. The highest BCUT2D eigenvalue weighted by Crippen LogP contribution is 2.52. The average molecular weight is 942 g/mol. The van der Waals surface area contributed by atoms with Crippen LogP contribution in [0.3, 0.4) is 0 Å². The van der Waals surface area contributed by atoms with E-state index >= 15 is 65.9 Å². The largest absolute Gasteiger partial charge is 0.378 e. The SMILES string of the molecule is Cc1cccc(C)c1NC1C(F)C(F)C(F)C2C3NC4NC(NC5C6C(F)C(F)C(F)C(F)C6C(NC6NC(NC(N3)C12)C1C(F)C(F)C(F)C(F)C61)N5F)C1C(F)C(F)C(F)CC41. The van der Waals surface area contributed by atoms with E-state index < -0.39 is 196 Å². The molecule has 9 aliphatic rings. The van der Waals surface area contributed by atoms with Crippen LogP contribution in [0.5, 0.6) is 0 Å². The second kappa shape index (κ2) is 16.4. The van der Waals surface area contributed by atoms with E-state index in [9.17, 15) is 0 Å². The maximum absolute atomic E-state index is 17.0. The molecule has 360 valence electrons. The van der Waals surface area contributed by atoms with E-state index in [0.29, 0.717) is 16.8 Å². The molecule has 5 heterocycles. The Balaban J connectivity index is 1.10. The van der Waals surface area contributed by atoms with Crippen LogP contribution in [0.1, 0.15) is 17.5 Å². The molecule has 31 atom stereocenters. The lowest BCUT2D eigenvalue weighted by Crippen LogP contribution is -2.63. The van der Waals surface area contributed by atoms with Crippen LogP contribution in [-0.2, 0) is 0 Å². The zero-order valence-corrected chi connectivity index (χ0v) is 34.0. The van der Waals surface area contributed by atoms with Gasteiger partial charge in [-0.3, -0.25) is 37.2 Å². The zero-order chi connectivity index (χ0) is 45.7. The summed E-state index contributed by atoms with van der Waals surface area (Å²) < 4.78 is 238. The van der Waals surface area contributed by atoms with Crippen LogP contribution in [-0.4, -0.2) is 147 Å². The minimum atomic E-state index is -3.16. The van der Waals surface area contributed by atoms with Crippen molar-refractivity contribution in [3.05, 3.63) is 29.3 Å². The molecule has 4 aliphatic carbocycles. The number of anilines is 1. The molecule has 10 rings (SSSR count). The molecule has 1 aromatic carbocycles. The van der Waals surface area contributed by atoms with E-state index in [1.54, 1.807) is 32.0 Å². The van der Waals surface area contributed by atoms with Gasteiger partial charge in [-0.2, -0.15) is 0 Å². The molecule has 1 aromatic rings. The van der Waals surface area contributed by atoms with Crippen molar-refractivity contribution in [3.8, 4) is 0 Å². The third-order valence-electron chi connectivity index (χ3n) is 16.3. The zero-order valence-electron chi connectivity index (χ0n) is 34.0. The number of para-hydroxylation sites is 1. The van der Waals surface area contributed by atoms with Gasteiger partial charge < -0.3 is 5.32 Å². The van der Waals surface area contributed by atoms with E-state index in [1.807, 2.05) is 0 Å². The van der Waals surface area contributed by atoms with E-state index in [2.05, 4.69) is 42.5 Å². The third-order valence-corrected chi connectivity index (χ3v) is 16.3. The Kier molecular flexibility index (Phi) is 11.7. The Morgan fingerprint density at radius 1 is 0.422 bits per heavy atom. The van der Waals surface area contributed by atoms with Crippen molar-refractivity contribution in [2.75, 3.05) is 5.32 Å². The van der Waals surface area contributed by atoms with Crippen molar-refractivity contribution < 1.29 is 65.9 Å². The first-order chi connectivity index (χ1) is 30.3. The number of fused-ring (bicyclic) bond motifs is 20. The van der Waals surface area contributed by atoms with Crippen LogP contribution in [0.25, 0.3) is 0 Å². The summed E-state index contributed by atoms with van der Waals surface area (Å²) in [5, 5.41) is 22.2. The molecule has 0 aromatic heterocycles. The number of hydrogen-bond acceptors (Lipinski definition) is 9. The number of nitrogens with zero attached hydrogens (tertiary/aromatic N) is 1. The van der Waals surface area contributed by atoms with Crippen LogP contribution in [0.2, 0.25) is 0 Å². The lowest BCUT2D eigenvalue weighted by atomic mass is 9.71. The summed E-state index contributed by atoms with van der Waals surface area (Å²) in [4.78, 5) is 0. The van der Waals surface area contributed by atoms with Crippen LogP contribution >= 0.6 is 0 Å². The predicted molar refractivity (Wildman–Crippen MR) is 200 cm³/mol. The van der Waals surface area contributed by atoms with Gasteiger partial charge in [0.1, 0.15) is 43.2 Å². The molecule has 0 spiro atoms. The normalized spacial score (nSPS) is 58.3. The summed E-state index contributed by atoms with van der Waals surface area (Å²) >= 11 is 0. The van der Waals surface area contributed by atoms with Crippen molar-refractivity contribution in [2.45, 2.75) is 162 Å². The number of aryl methyl sites for hydroxylation is 2. The Labute approximate surface area is 357 Å². The van der Waals surface area contributed by atoms with Crippen molar-refractivity contribution in [2.24, 2.45) is 47.3 Å². The van der Waals surface area contributed by atoms with Crippen molar-refractivity contribution in [1.29, 1.82) is 0 Å². The summed E-state index contributed by atoms with van der Waals surface area (Å²) in [6, 6.07) is 3.43. The molecule has 31 unspecified atom stereocenters. The molecule has 8 N–H and O–H groups in total. The fourth-order valence-electron chi connectivity index (χ4n) is 13.3. The van der Waals surface area contributed by atoms with Crippen molar-refractivity contribution >= 4 is 5.69 Å². The molecule has 8 bridgehead atoms. The first kappa shape index (κ1) is 45.4. The van der Waals surface area contributed by atoms with Gasteiger partial charge in [0.05, 0.1) is 55.4 Å². The van der Waals surface area contributed by atoms with Gasteiger partial charge in [0.25, 0.3) is 0 Å². The summed E-state index contributed by atoms with van der Waals surface area (Å²) in [7, 11) is 0. The maximum atomic E-state index is 17.0. The van der Waals surface area contributed by atoms with Gasteiger partial charge in [0.2, 0.25) is 0 Å². The number of hydrogen-bond donors (Lipinski definition) is 8. The molecule has 64 heavy (non-hydrogen) atoms. The van der Waals surface area contributed by atoms with E-state index in [1.165, 1.54) is 0 Å². The van der Waals surface area contributed by atoms with Gasteiger partial charge in [-0.15, -0.1) is 9.60 Å². The number of nitrogens with one attached hydrogen (secondary N) is 8. The van der Waals surface area contributed by atoms with Crippen LogP contribution in [0.15, 0.2) is 18.2 Å². The van der Waals surface area contributed by atoms with E-state index in [4.69, 9.17) is 0 Å². The van der Waals surface area contributed by atoms with Crippen LogP contribution < -0.4 is 42.5 Å². The van der Waals surface area contributed by atoms with E-state index in [-0.39, 0.29) is 5.12 Å². The van der Waals surface area contributed by atoms with Crippen LogP contribution in [0, 0.1) is 61.2 Å². The molecule has 9 fully saturated rings. The summed E-state index contributed by atoms with van der Waals surface area (Å²) in [6.45, 7) is 3.34. The quantitative estimate of drug-likeness (QED) is 0.164. The van der Waals surface area contributed by atoms with Crippen molar-refractivity contribution in [3.63, 3.8) is 0 Å². The summed E-state index contributed by atoms with van der Waals surface area (Å²) in [5.74, 6) is -14.2. The lowest BCUT2D eigenvalue weighted by molar-refractivity contribution is -0.0974. The number of halogens is 15. The first-order valence-electron chi connectivity index (χ1n) is 21.9. The molecule has 4 saturated carbocycles. The topological polar surface area (TPSA) is 99.5 Å². The van der Waals surface area contributed by atoms with Gasteiger partial charge in [0.15, 0.2) is 43.2 Å². The monoisotopic (exact) mass is 941 g/mol. The van der Waals surface area contributed by atoms with Gasteiger partial charge in [0, 0.05) is 47.1 Å². The maximum Gasteiger partial charge on any atom is 0.165 e. The minimum Gasteiger partial charge on any atom is -0.378 e. The second-order valence-corrected chi connectivity index (χ2v) is 19.4. The molecular formula is C40H50F15N9. The minimum absolute atomic E-state index is 0.297. The molecule has 0 amide bonds.